The molecule has 2 fully saturated rings. The van der Waals surface area contributed by atoms with Gasteiger partial charge < -0.3 is 19.7 Å². The first-order valence-electron chi connectivity index (χ1n) is 11.9. The lowest BCUT2D eigenvalue weighted by atomic mass is 10.00. The van der Waals surface area contributed by atoms with Gasteiger partial charge in [-0.3, -0.25) is 4.79 Å². The van der Waals surface area contributed by atoms with Gasteiger partial charge in [0.2, 0.25) is 5.91 Å². The molecule has 2 unspecified atom stereocenters. The van der Waals surface area contributed by atoms with Crippen LogP contribution in [-0.2, 0) is 4.79 Å². The highest BCUT2D eigenvalue weighted by atomic mass is 16.5. The van der Waals surface area contributed by atoms with Crippen LogP contribution in [0.15, 0.2) is 54.6 Å². The number of aromatic nitrogens is 2. The Kier molecular flexibility index (Phi) is 6.78. The summed E-state index contributed by atoms with van der Waals surface area (Å²) in [6, 6.07) is 16.8. The first-order chi connectivity index (χ1) is 17.1. The highest BCUT2D eigenvalue weighted by molar-refractivity contribution is 5.95. The van der Waals surface area contributed by atoms with E-state index in [0.29, 0.717) is 12.1 Å². The maximum atomic E-state index is 13.0. The third kappa shape index (κ3) is 5.06. The summed E-state index contributed by atoms with van der Waals surface area (Å²) in [5.74, 6) is 2.28. The van der Waals surface area contributed by atoms with Gasteiger partial charge >= 0.3 is 0 Å². The van der Waals surface area contributed by atoms with Gasteiger partial charge in [-0.05, 0) is 61.7 Å². The molecule has 5 rings (SSSR count). The minimum atomic E-state index is -0.404. The fourth-order valence-electron chi connectivity index (χ4n) is 4.62. The van der Waals surface area contributed by atoms with Gasteiger partial charge in [0.1, 0.15) is 17.5 Å². The Morgan fingerprint density at radius 1 is 1.00 bits per heavy atom. The second-order valence-electron chi connectivity index (χ2n) is 8.78. The molecule has 182 valence electrons. The second kappa shape index (κ2) is 10.3. The zero-order chi connectivity index (χ0) is 24.2. The van der Waals surface area contributed by atoms with Crippen molar-refractivity contribution in [2.24, 2.45) is 0 Å². The van der Waals surface area contributed by atoms with Gasteiger partial charge in [0.15, 0.2) is 5.82 Å². The molecule has 9 heteroatoms. The van der Waals surface area contributed by atoms with E-state index in [9.17, 15) is 4.79 Å². The van der Waals surface area contributed by atoms with Gasteiger partial charge in [-0.25, -0.2) is 10.9 Å². The van der Waals surface area contributed by atoms with E-state index >= 15 is 0 Å². The number of anilines is 2. The molecule has 2 atom stereocenters. The summed E-state index contributed by atoms with van der Waals surface area (Å²) in [6.07, 6.45) is 2.97. The molecule has 3 aromatic rings. The zero-order valence-corrected chi connectivity index (χ0v) is 20.0. The average molecular weight is 475 g/mol. The fraction of sp³-hybridized carbons (Fsp3) is 0.346. The van der Waals surface area contributed by atoms with Crippen LogP contribution < -0.4 is 30.5 Å². The van der Waals surface area contributed by atoms with Crippen molar-refractivity contribution in [3.63, 3.8) is 0 Å². The molecular formula is C26H30N6O3. The number of hydrazine groups is 1. The molecule has 1 aromatic heterocycles. The molecule has 35 heavy (non-hydrogen) atoms. The van der Waals surface area contributed by atoms with E-state index < -0.39 is 6.04 Å². The van der Waals surface area contributed by atoms with Gasteiger partial charge in [-0.2, -0.15) is 0 Å². The third-order valence-corrected chi connectivity index (χ3v) is 6.54. The fourth-order valence-corrected chi connectivity index (χ4v) is 4.62. The predicted molar refractivity (Wildman–Crippen MR) is 135 cm³/mol. The maximum absolute atomic E-state index is 13.0. The van der Waals surface area contributed by atoms with Crippen LogP contribution in [0.1, 0.15) is 30.9 Å². The molecular weight excluding hydrogens is 444 g/mol. The van der Waals surface area contributed by atoms with Crippen LogP contribution in [0.2, 0.25) is 0 Å². The van der Waals surface area contributed by atoms with Crippen molar-refractivity contribution in [3.05, 3.63) is 60.2 Å². The van der Waals surface area contributed by atoms with Gasteiger partial charge in [0, 0.05) is 29.9 Å². The second-order valence-corrected chi connectivity index (χ2v) is 8.78. The number of hydrogen-bond donors (Lipinski definition) is 3. The van der Waals surface area contributed by atoms with E-state index in [4.69, 9.17) is 9.47 Å². The van der Waals surface area contributed by atoms with E-state index in [2.05, 4.69) is 31.3 Å². The highest BCUT2D eigenvalue weighted by Crippen LogP contribution is 2.33. The van der Waals surface area contributed by atoms with E-state index in [1.165, 1.54) is 12.8 Å². The number of hydrogen-bond acceptors (Lipinski definition) is 8. The molecule has 2 saturated heterocycles. The Labute approximate surface area is 204 Å². The van der Waals surface area contributed by atoms with Crippen molar-refractivity contribution in [1.29, 1.82) is 0 Å². The standard InChI is InChI=1S/C26H30N6O3/c1-34-19-8-10-24(35-2)20(15-19)22-16-23(30-29-22)26(33)27-18-7-5-6-17(14-18)21-9-11-25(31-28-21)32-12-3-4-13-32/h5-11,14-15,22-23,29-30H,3-4,12-13,16H2,1-2H3,(H,27,33). The van der Waals surface area contributed by atoms with E-state index in [-0.39, 0.29) is 11.9 Å². The van der Waals surface area contributed by atoms with Crippen LogP contribution in [0.4, 0.5) is 11.5 Å². The average Bonchev–Trinajstić information content (AvgIpc) is 3.62. The number of amides is 1. The minimum Gasteiger partial charge on any atom is -0.497 e. The molecule has 0 bridgehead atoms. The molecule has 2 aliphatic rings. The van der Waals surface area contributed by atoms with E-state index in [0.717, 1.165) is 47.2 Å². The van der Waals surface area contributed by atoms with Crippen molar-refractivity contribution in [2.75, 3.05) is 37.5 Å². The summed E-state index contributed by atoms with van der Waals surface area (Å²) in [4.78, 5) is 15.3. The number of nitrogens with one attached hydrogen (secondary N) is 3. The van der Waals surface area contributed by atoms with Gasteiger partial charge in [-0.1, -0.05) is 12.1 Å². The predicted octanol–water partition coefficient (Wildman–Crippen LogP) is 3.31. The Morgan fingerprint density at radius 2 is 1.86 bits per heavy atom. The minimum absolute atomic E-state index is 0.0912. The van der Waals surface area contributed by atoms with Gasteiger partial charge in [-0.15, -0.1) is 10.2 Å². The monoisotopic (exact) mass is 474 g/mol. The summed E-state index contributed by atoms with van der Waals surface area (Å²) in [7, 11) is 3.26. The molecule has 9 nitrogen and oxygen atoms in total. The SMILES string of the molecule is COc1ccc(OC)c(C2CC(C(=O)Nc3cccc(-c4ccc(N5CCCC5)nn4)c3)NN2)c1. The summed E-state index contributed by atoms with van der Waals surface area (Å²) < 4.78 is 10.9. The molecule has 0 aliphatic carbocycles. The normalized spacial score (nSPS) is 19.5. The van der Waals surface area contributed by atoms with Crippen LogP contribution in [0.25, 0.3) is 11.3 Å². The van der Waals surface area contributed by atoms with Crippen molar-refractivity contribution in [3.8, 4) is 22.8 Å². The van der Waals surface area contributed by atoms with Crippen LogP contribution >= 0.6 is 0 Å². The number of benzene rings is 2. The first-order valence-corrected chi connectivity index (χ1v) is 11.9. The molecule has 0 saturated carbocycles. The summed E-state index contributed by atoms with van der Waals surface area (Å²) in [6.45, 7) is 2.07. The smallest absolute Gasteiger partial charge is 0.242 e. The lowest BCUT2D eigenvalue weighted by Crippen LogP contribution is -2.39. The number of carbonyl (C=O) groups excluding carboxylic acids is 1. The number of ether oxygens (including phenoxy) is 2. The number of rotatable bonds is 7. The first kappa shape index (κ1) is 23.1. The lowest BCUT2D eigenvalue weighted by molar-refractivity contribution is -0.117. The van der Waals surface area contributed by atoms with Crippen molar-refractivity contribution in [2.45, 2.75) is 31.3 Å². The topological polar surface area (TPSA) is 101 Å². The number of methoxy groups -OCH3 is 2. The van der Waals surface area contributed by atoms with E-state index in [1.54, 1.807) is 14.2 Å². The summed E-state index contributed by atoms with van der Waals surface area (Å²) in [5, 5.41) is 11.8. The van der Waals surface area contributed by atoms with E-state index in [1.807, 2.05) is 54.6 Å². The highest BCUT2D eigenvalue weighted by Gasteiger charge is 2.32. The zero-order valence-electron chi connectivity index (χ0n) is 20.0. The van der Waals surface area contributed by atoms with Gasteiger partial charge in [0.05, 0.1) is 26.0 Å². The van der Waals surface area contributed by atoms with Crippen molar-refractivity contribution in [1.82, 2.24) is 21.0 Å². The molecule has 3 N–H and O–H groups in total. The largest absolute Gasteiger partial charge is 0.497 e. The lowest BCUT2D eigenvalue weighted by Gasteiger charge is -2.16. The summed E-state index contributed by atoms with van der Waals surface area (Å²) >= 11 is 0. The van der Waals surface area contributed by atoms with Gasteiger partial charge in [0.25, 0.3) is 0 Å². The number of nitrogens with zero attached hydrogens (tertiary/aromatic N) is 3. The molecule has 2 aliphatic heterocycles. The Balaban J connectivity index is 1.24. The molecule has 0 radical (unpaired) electrons. The molecule has 1 amide bonds. The summed E-state index contributed by atoms with van der Waals surface area (Å²) in [5.41, 5.74) is 9.64. The molecule has 2 aromatic carbocycles. The molecule has 3 heterocycles. The van der Waals surface area contributed by atoms with Crippen molar-refractivity contribution >= 4 is 17.4 Å². The Morgan fingerprint density at radius 3 is 2.60 bits per heavy atom. The quantitative estimate of drug-likeness (QED) is 0.480. The van der Waals surface area contributed by atoms with Crippen LogP contribution in [-0.4, -0.2) is 49.5 Å². The number of carbonyl (C=O) groups is 1. The third-order valence-electron chi connectivity index (χ3n) is 6.54. The van der Waals surface area contributed by atoms with Crippen LogP contribution in [0, 0.1) is 0 Å². The Bertz CT molecular complexity index is 1180. The molecule has 0 spiro atoms. The van der Waals surface area contributed by atoms with Crippen LogP contribution in [0.3, 0.4) is 0 Å². The van der Waals surface area contributed by atoms with Crippen molar-refractivity contribution < 1.29 is 14.3 Å². The maximum Gasteiger partial charge on any atom is 0.242 e. The Hall–Kier alpha value is -3.69. The van der Waals surface area contributed by atoms with Crippen LogP contribution in [0.5, 0.6) is 11.5 Å².